The number of rotatable bonds is 2. The normalized spacial score (nSPS) is 10.1. The Balaban J connectivity index is 2.55. The Morgan fingerprint density at radius 3 is 2.38 bits per heavy atom. The summed E-state index contributed by atoms with van der Waals surface area (Å²) in [5, 5.41) is 3.13. The van der Waals surface area contributed by atoms with Gasteiger partial charge in [-0.1, -0.05) is 18.2 Å². The Morgan fingerprint density at radius 2 is 1.69 bits per heavy atom. The average molecular weight is 213 g/mol. The molecule has 0 radical (unpaired) electrons. The van der Waals surface area contributed by atoms with Crippen molar-refractivity contribution in [2.45, 2.75) is 0 Å². The van der Waals surface area contributed by atoms with Gasteiger partial charge in [-0.3, -0.25) is 0 Å². The minimum Gasteiger partial charge on any atom is -0.399 e. The molecule has 0 fully saturated rings. The number of nitrogen functional groups attached to an aromatic ring is 2. The van der Waals surface area contributed by atoms with Crippen LogP contribution < -0.4 is 16.8 Å². The van der Waals surface area contributed by atoms with Crippen LogP contribution in [0.25, 0.3) is 11.1 Å². The molecule has 0 bridgehead atoms. The fourth-order valence-electron chi connectivity index (χ4n) is 1.73. The van der Waals surface area contributed by atoms with E-state index in [9.17, 15) is 0 Å². The van der Waals surface area contributed by atoms with E-state index < -0.39 is 0 Å². The van der Waals surface area contributed by atoms with E-state index in [0.29, 0.717) is 0 Å². The maximum atomic E-state index is 5.77. The van der Waals surface area contributed by atoms with Crippen molar-refractivity contribution in [3.63, 3.8) is 0 Å². The van der Waals surface area contributed by atoms with Crippen LogP contribution in [-0.2, 0) is 0 Å². The fourth-order valence-corrected chi connectivity index (χ4v) is 1.73. The maximum absolute atomic E-state index is 5.77. The van der Waals surface area contributed by atoms with Crippen molar-refractivity contribution < 1.29 is 0 Å². The van der Waals surface area contributed by atoms with Crippen LogP contribution in [0.5, 0.6) is 0 Å². The molecule has 16 heavy (non-hydrogen) atoms. The molecular weight excluding hydrogens is 198 g/mol. The maximum Gasteiger partial charge on any atom is 0.0437 e. The van der Waals surface area contributed by atoms with Crippen LogP contribution in [0.1, 0.15) is 0 Å². The SMILES string of the molecule is CNc1cc(N)ccc1-c1cccc(N)c1. The summed E-state index contributed by atoms with van der Waals surface area (Å²) >= 11 is 0. The number of hydrogen-bond donors (Lipinski definition) is 3. The smallest absolute Gasteiger partial charge is 0.0437 e. The number of nitrogens with two attached hydrogens (primary N) is 2. The lowest BCUT2D eigenvalue weighted by Crippen LogP contribution is -1.95. The second-order valence-electron chi connectivity index (χ2n) is 3.68. The lowest BCUT2D eigenvalue weighted by atomic mass is 10.0. The van der Waals surface area contributed by atoms with Crippen LogP contribution in [-0.4, -0.2) is 7.05 Å². The summed E-state index contributed by atoms with van der Waals surface area (Å²) < 4.78 is 0. The fraction of sp³-hybridized carbons (Fsp3) is 0.0769. The van der Waals surface area contributed by atoms with Crippen LogP contribution in [0.15, 0.2) is 42.5 Å². The van der Waals surface area contributed by atoms with Gasteiger partial charge < -0.3 is 16.8 Å². The largest absolute Gasteiger partial charge is 0.399 e. The van der Waals surface area contributed by atoms with Crippen LogP contribution in [0, 0.1) is 0 Å². The summed E-state index contributed by atoms with van der Waals surface area (Å²) in [5.74, 6) is 0. The van der Waals surface area contributed by atoms with E-state index in [1.807, 2.05) is 49.5 Å². The molecule has 0 aromatic heterocycles. The van der Waals surface area contributed by atoms with Crippen molar-refractivity contribution in [3.8, 4) is 11.1 Å². The predicted octanol–water partition coefficient (Wildman–Crippen LogP) is 2.56. The highest BCUT2D eigenvalue weighted by molar-refractivity contribution is 5.81. The average Bonchev–Trinajstić information content (AvgIpc) is 2.28. The molecule has 82 valence electrons. The zero-order chi connectivity index (χ0) is 11.5. The molecular formula is C13H15N3. The van der Waals surface area contributed by atoms with Crippen molar-refractivity contribution >= 4 is 17.1 Å². The second-order valence-corrected chi connectivity index (χ2v) is 3.68. The Morgan fingerprint density at radius 1 is 0.938 bits per heavy atom. The third-order valence-corrected chi connectivity index (χ3v) is 2.51. The molecule has 2 rings (SSSR count). The molecule has 0 saturated heterocycles. The zero-order valence-electron chi connectivity index (χ0n) is 9.20. The molecule has 0 amide bonds. The van der Waals surface area contributed by atoms with Gasteiger partial charge in [0, 0.05) is 29.7 Å². The third-order valence-electron chi connectivity index (χ3n) is 2.51. The molecule has 2 aromatic carbocycles. The van der Waals surface area contributed by atoms with Gasteiger partial charge in [0.2, 0.25) is 0 Å². The van der Waals surface area contributed by atoms with E-state index in [-0.39, 0.29) is 0 Å². The van der Waals surface area contributed by atoms with E-state index >= 15 is 0 Å². The molecule has 3 nitrogen and oxygen atoms in total. The molecule has 0 spiro atoms. The Hall–Kier alpha value is -2.16. The highest BCUT2D eigenvalue weighted by Gasteiger charge is 2.04. The first-order valence-electron chi connectivity index (χ1n) is 5.14. The summed E-state index contributed by atoms with van der Waals surface area (Å²) in [5.41, 5.74) is 16.2. The van der Waals surface area contributed by atoms with Gasteiger partial charge in [0.15, 0.2) is 0 Å². The van der Waals surface area contributed by atoms with Crippen molar-refractivity contribution in [1.82, 2.24) is 0 Å². The van der Waals surface area contributed by atoms with E-state index in [0.717, 1.165) is 28.2 Å². The van der Waals surface area contributed by atoms with Crippen LogP contribution in [0.3, 0.4) is 0 Å². The third kappa shape index (κ3) is 1.93. The standard InChI is InChI=1S/C13H15N3/c1-16-13-8-11(15)5-6-12(13)9-3-2-4-10(14)7-9/h2-8,16H,14-15H2,1H3. The van der Waals surface area contributed by atoms with Gasteiger partial charge in [0.25, 0.3) is 0 Å². The first kappa shape index (κ1) is 10.4. The zero-order valence-corrected chi connectivity index (χ0v) is 9.20. The molecule has 0 aliphatic heterocycles. The van der Waals surface area contributed by atoms with Crippen LogP contribution in [0.4, 0.5) is 17.1 Å². The number of nitrogens with one attached hydrogen (secondary N) is 1. The Bertz CT molecular complexity index is 506. The van der Waals surface area contributed by atoms with Gasteiger partial charge >= 0.3 is 0 Å². The Labute approximate surface area is 95.1 Å². The summed E-state index contributed by atoms with van der Waals surface area (Å²) in [6.07, 6.45) is 0. The highest BCUT2D eigenvalue weighted by Crippen LogP contribution is 2.30. The molecule has 0 unspecified atom stereocenters. The summed E-state index contributed by atoms with van der Waals surface area (Å²) in [4.78, 5) is 0. The van der Waals surface area contributed by atoms with Gasteiger partial charge in [0.05, 0.1) is 0 Å². The first-order chi connectivity index (χ1) is 7.70. The van der Waals surface area contributed by atoms with Crippen molar-refractivity contribution in [2.24, 2.45) is 0 Å². The summed E-state index contributed by atoms with van der Waals surface area (Å²) in [7, 11) is 1.88. The van der Waals surface area contributed by atoms with Gasteiger partial charge in [-0.2, -0.15) is 0 Å². The van der Waals surface area contributed by atoms with Crippen LogP contribution in [0.2, 0.25) is 0 Å². The van der Waals surface area contributed by atoms with Gasteiger partial charge in [0.1, 0.15) is 0 Å². The molecule has 0 aliphatic rings. The minimum absolute atomic E-state index is 0.747. The summed E-state index contributed by atoms with van der Waals surface area (Å²) in [6, 6.07) is 13.6. The molecule has 0 heterocycles. The van der Waals surface area contributed by atoms with E-state index in [2.05, 4.69) is 5.32 Å². The monoisotopic (exact) mass is 213 g/mol. The van der Waals surface area contributed by atoms with Crippen molar-refractivity contribution in [3.05, 3.63) is 42.5 Å². The van der Waals surface area contributed by atoms with Gasteiger partial charge in [-0.15, -0.1) is 0 Å². The first-order valence-corrected chi connectivity index (χ1v) is 5.14. The van der Waals surface area contributed by atoms with E-state index in [1.54, 1.807) is 0 Å². The van der Waals surface area contributed by atoms with Crippen LogP contribution >= 0.6 is 0 Å². The molecule has 0 atom stereocenters. The lowest BCUT2D eigenvalue weighted by Gasteiger charge is -2.10. The molecule has 2 aromatic rings. The Kier molecular flexibility index (Phi) is 2.68. The quantitative estimate of drug-likeness (QED) is 0.672. The minimum atomic E-state index is 0.747. The van der Waals surface area contributed by atoms with Gasteiger partial charge in [-0.25, -0.2) is 0 Å². The van der Waals surface area contributed by atoms with E-state index in [4.69, 9.17) is 11.5 Å². The highest BCUT2D eigenvalue weighted by atomic mass is 14.8. The van der Waals surface area contributed by atoms with Crippen molar-refractivity contribution in [2.75, 3.05) is 23.8 Å². The van der Waals surface area contributed by atoms with E-state index in [1.165, 1.54) is 0 Å². The molecule has 5 N–H and O–H groups in total. The molecule has 3 heteroatoms. The second kappa shape index (κ2) is 4.14. The van der Waals surface area contributed by atoms with Crippen molar-refractivity contribution in [1.29, 1.82) is 0 Å². The number of hydrogen-bond acceptors (Lipinski definition) is 3. The number of benzene rings is 2. The number of anilines is 3. The van der Waals surface area contributed by atoms with Gasteiger partial charge in [-0.05, 0) is 29.8 Å². The topological polar surface area (TPSA) is 64.1 Å². The predicted molar refractivity (Wildman–Crippen MR) is 70.2 cm³/mol. The molecule has 0 saturated carbocycles. The lowest BCUT2D eigenvalue weighted by molar-refractivity contribution is 1.50. The summed E-state index contributed by atoms with van der Waals surface area (Å²) in [6.45, 7) is 0. The molecule has 0 aliphatic carbocycles.